The lowest BCUT2D eigenvalue weighted by Gasteiger charge is -2.34. The van der Waals surface area contributed by atoms with Crippen LogP contribution in [-0.2, 0) is 19.6 Å². The number of benzene rings is 1. The van der Waals surface area contributed by atoms with Crippen LogP contribution in [-0.4, -0.2) is 55.6 Å². The van der Waals surface area contributed by atoms with Crippen LogP contribution in [0.2, 0.25) is 0 Å². The maximum atomic E-state index is 12.9. The van der Waals surface area contributed by atoms with Gasteiger partial charge < -0.3 is 10.2 Å². The molecule has 1 saturated heterocycles. The summed E-state index contributed by atoms with van der Waals surface area (Å²) in [7, 11) is -3.60. The first kappa shape index (κ1) is 20.8. The van der Waals surface area contributed by atoms with E-state index in [0.29, 0.717) is 50.6 Å². The molecule has 0 spiro atoms. The Hall–Kier alpha value is -1.93. The highest BCUT2D eigenvalue weighted by Gasteiger charge is 2.31. The molecule has 1 heterocycles. The Morgan fingerprint density at radius 3 is 2.21 bits per heavy atom. The molecular formula is C20H29N3O4S. The van der Waals surface area contributed by atoms with Crippen LogP contribution in [0, 0.1) is 5.92 Å². The molecule has 2 fully saturated rings. The third-order valence-electron chi connectivity index (χ3n) is 5.63. The van der Waals surface area contributed by atoms with Crippen molar-refractivity contribution in [2.75, 3.05) is 31.5 Å². The van der Waals surface area contributed by atoms with Crippen molar-refractivity contribution in [2.45, 2.75) is 50.3 Å². The number of hydrogen-bond donors (Lipinski definition) is 1. The number of amides is 2. The zero-order chi connectivity index (χ0) is 20.1. The number of sulfonamides is 1. The van der Waals surface area contributed by atoms with Crippen molar-refractivity contribution in [3.63, 3.8) is 0 Å². The highest BCUT2D eigenvalue weighted by Crippen LogP contribution is 2.28. The van der Waals surface area contributed by atoms with Gasteiger partial charge in [-0.3, -0.25) is 9.59 Å². The molecule has 1 saturated carbocycles. The van der Waals surface area contributed by atoms with Crippen molar-refractivity contribution in [1.82, 2.24) is 9.21 Å². The molecule has 1 N–H and O–H groups in total. The average molecular weight is 408 g/mol. The van der Waals surface area contributed by atoms with Gasteiger partial charge in [0.25, 0.3) is 0 Å². The molecule has 0 atom stereocenters. The minimum Gasteiger partial charge on any atom is -0.340 e. The van der Waals surface area contributed by atoms with Crippen molar-refractivity contribution in [1.29, 1.82) is 0 Å². The molecule has 0 radical (unpaired) electrons. The molecule has 1 aliphatic heterocycles. The van der Waals surface area contributed by atoms with Gasteiger partial charge in [0.05, 0.1) is 4.90 Å². The highest BCUT2D eigenvalue weighted by atomic mass is 32.2. The molecule has 154 valence electrons. The molecule has 1 aliphatic carbocycles. The van der Waals surface area contributed by atoms with E-state index in [-0.39, 0.29) is 16.7 Å². The van der Waals surface area contributed by atoms with Gasteiger partial charge in [0, 0.05) is 44.7 Å². The van der Waals surface area contributed by atoms with E-state index in [4.69, 9.17) is 0 Å². The Balaban J connectivity index is 1.56. The fourth-order valence-electron chi connectivity index (χ4n) is 3.88. The van der Waals surface area contributed by atoms with Gasteiger partial charge in [-0.2, -0.15) is 4.31 Å². The first-order chi connectivity index (χ1) is 13.4. The Kier molecular flexibility index (Phi) is 6.72. The summed E-state index contributed by atoms with van der Waals surface area (Å²) < 4.78 is 27.2. The summed E-state index contributed by atoms with van der Waals surface area (Å²) in [5.74, 6) is 0.537. The van der Waals surface area contributed by atoms with Gasteiger partial charge in [-0.05, 0) is 43.0 Å². The number of anilines is 1. The van der Waals surface area contributed by atoms with Gasteiger partial charge in [0.1, 0.15) is 0 Å². The first-order valence-corrected chi connectivity index (χ1v) is 11.5. The molecular weight excluding hydrogens is 378 g/mol. The van der Waals surface area contributed by atoms with Crippen LogP contribution in [0.15, 0.2) is 29.2 Å². The van der Waals surface area contributed by atoms with Crippen molar-refractivity contribution in [3.8, 4) is 0 Å². The summed E-state index contributed by atoms with van der Waals surface area (Å²) in [4.78, 5) is 25.9. The van der Waals surface area contributed by atoms with E-state index in [9.17, 15) is 18.0 Å². The Morgan fingerprint density at radius 1 is 1.04 bits per heavy atom. The van der Waals surface area contributed by atoms with Crippen LogP contribution in [0.1, 0.15) is 45.4 Å². The summed E-state index contributed by atoms with van der Waals surface area (Å²) >= 11 is 0. The van der Waals surface area contributed by atoms with Gasteiger partial charge in [-0.1, -0.05) is 19.8 Å². The molecule has 1 aromatic carbocycles. The molecule has 2 aliphatic rings. The minimum atomic E-state index is -3.60. The smallest absolute Gasteiger partial charge is 0.243 e. The highest BCUT2D eigenvalue weighted by molar-refractivity contribution is 7.89. The second-order valence-corrected chi connectivity index (χ2v) is 9.50. The van der Waals surface area contributed by atoms with Crippen molar-refractivity contribution < 1.29 is 18.0 Å². The molecule has 3 rings (SSSR count). The van der Waals surface area contributed by atoms with E-state index in [1.165, 1.54) is 29.3 Å². The molecule has 0 bridgehead atoms. The van der Waals surface area contributed by atoms with E-state index in [2.05, 4.69) is 5.32 Å². The maximum Gasteiger partial charge on any atom is 0.243 e. The zero-order valence-electron chi connectivity index (χ0n) is 16.4. The van der Waals surface area contributed by atoms with Crippen LogP contribution >= 0.6 is 0 Å². The van der Waals surface area contributed by atoms with Crippen molar-refractivity contribution in [3.05, 3.63) is 24.3 Å². The standard InChI is InChI=1S/C20H29N3O4S/c1-2-19(24)21-17-7-9-18(10-8-17)28(26,27)23-13-11-22(12-14-23)20(25)15-16-5-3-4-6-16/h7-10,16H,2-6,11-15H2,1H3,(H,21,24). The SMILES string of the molecule is CCC(=O)Nc1ccc(S(=O)(=O)N2CCN(C(=O)CC3CCCC3)CC2)cc1. The van der Waals surface area contributed by atoms with Gasteiger partial charge in [-0.25, -0.2) is 8.42 Å². The van der Waals surface area contributed by atoms with Crippen molar-refractivity contribution >= 4 is 27.5 Å². The van der Waals surface area contributed by atoms with Crippen LogP contribution in [0.4, 0.5) is 5.69 Å². The minimum absolute atomic E-state index is 0.117. The second kappa shape index (κ2) is 9.05. The lowest BCUT2D eigenvalue weighted by Crippen LogP contribution is -2.50. The summed E-state index contributed by atoms with van der Waals surface area (Å²) in [5, 5.41) is 2.71. The van der Waals surface area contributed by atoms with E-state index in [1.807, 2.05) is 0 Å². The van der Waals surface area contributed by atoms with Crippen LogP contribution in [0.25, 0.3) is 0 Å². The van der Waals surface area contributed by atoms with Gasteiger partial charge >= 0.3 is 0 Å². The number of piperazine rings is 1. The predicted octanol–water partition coefficient (Wildman–Crippen LogP) is 2.45. The van der Waals surface area contributed by atoms with E-state index >= 15 is 0 Å². The quantitative estimate of drug-likeness (QED) is 0.785. The number of nitrogens with zero attached hydrogens (tertiary/aromatic N) is 2. The number of carbonyl (C=O) groups excluding carboxylic acids is 2. The molecule has 0 unspecified atom stereocenters. The zero-order valence-corrected chi connectivity index (χ0v) is 17.2. The van der Waals surface area contributed by atoms with Crippen molar-refractivity contribution in [2.24, 2.45) is 5.92 Å². The maximum absolute atomic E-state index is 12.9. The van der Waals surface area contributed by atoms with Gasteiger partial charge in [0.15, 0.2) is 0 Å². The topological polar surface area (TPSA) is 86.8 Å². The molecule has 0 aromatic heterocycles. The van der Waals surface area contributed by atoms with E-state index < -0.39 is 10.0 Å². The molecule has 28 heavy (non-hydrogen) atoms. The fourth-order valence-corrected chi connectivity index (χ4v) is 5.30. The molecule has 7 nitrogen and oxygen atoms in total. The number of rotatable bonds is 6. The summed E-state index contributed by atoms with van der Waals surface area (Å²) in [6, 6.07) is 6.22. The third kappa shape index (κ3) is 4.91. The Labute approximate surface area is 167 Å². The lowest BCUT2D eigenvalue weighted by atomic mass is 10.0. The summed E-state index contributed by atoms with van der Waals surface area (Å²) in [6.07, 6.45) is 5.65. The van der Waals surface area contributed by atoms with E-state index in [0.717, 1.165) is 12.8 Å². The van der Waals surface area contributed by atoms with Crippen LogP contribution in [0.5, 0.6) is 0 Å². The average Bonchev–Trinajstić information content (AvgIpc) is 3.21. The fraction of sp³-hybridized carbons (Fsp3) is 0.600. The monoisotopic (exact) mass is 407 g/mol. The summed E-state index contributed by atoms with van der Waals surface area (Å²) in [5.41, 5.74) is 0.577. The van der Waals surface area contributed by atoms with Crippen LogP contribution in [0.3, 0.4) is 0 Å². The Bertz CT molecular complexity index is 793. The van der Waals surface area contributed by atoms with Gasteiger partial charge in [-0.15, -0.1) is 0 Å². The predicted molar refractivity (Wildman–Crippen MR) is 107 cm³/mol. The first-order valence-electron chi connectivity index (χ1n) is 10.1. The second-order valence-electron chi connectivity index (χ2n) is 7.57. The number of nitrogens with one attached hydrogen (secondary N) is 1. The van der Waals surface area contributed by atoms with E-state index in [1.54, 1.807) is 24.0 Å². The summed E-state index contributed by atoms with van der Waals surface area (Å²) in [6.45, 7) is 3.26. The molecule has 8 heteroatoms. The third-order valence-corrected chi connectivity index (χ3v) is 7.54. The molecule has 2 amide bonds. The largest absolute Gasteiger partial charge is 0.340 e. The number of carbonyl (C=O) groups is 2. The Morgan fingerprint density at radius 2 is 1.64 bits per heavy atom. The lowest BCUT2D eigenvalue weighted by molar-refractivity contribution is -0.133. The van der Waals surface area contributed by atoms with Crippen LogP contribution < -0.4 is 5.32 Å². The normalized spacial score (nSPS) is 19.0. The van der Waals surface area contributed by atoms with Gasteiger partial charge in [0.2, 0.25) is 21.8 Å². The number of hydrogen-bond acceptors (Lipinski definition) is 4. The molecule has 1 aromatic rings.